The monoisotopic (exact) mass is 288 g/mol. The van der Waals surface area contributed by atoms with Crippen LogP contribution in [0, 0.1) is 5.92 Å². The van der Waals surface area contributed by atoms with E-state index in [2.05, 4.69) is 22.8 Å². The minimum atomic E-state index is 0.186. The van der Waals surface area contributed by atoms with Crippen molar-refractivity contribution in [2.45, 2.75) is 32.1 Å². The Bertz CT molecular complexity index is 496. The maximum Gasteiger partial charge on any atom is 0.220 e. The van der Waals surface area contributed by atoms with E-state index < -0.39 is 0 Å². The number of hydrogen-bond donors (Lipinski definition) is 2. The minimum Gasteiger partial charge on any atom is -0.493 e. The molecule has 1 atom stereocenters. The van der Waals surface area contributed by atoms with Crippen LogP contribution >= 0.6 is 0 Å². The lowest BCUT2D eigenvalue weighted by molar-refractivity contribution is -0.121. The average Bonchev–Trinajstić information content (AvgIpc) is 3.16. The fraction of sp³-hybridized carbons (Fsp3) is 0.588. The quantitative estimate of drug-likeness (QED) is 0.837. The Hall–Kier alpha value is -1.55. The molecule has 1 aromatic rings. The fourth-order valence-corrected chi connectivity index (χ4v) is 3.13. The van der Waals surface area contributed by atoms with Crippen LogP contribution in [0.5, 0.6) is 5.75 Å². The molecule has 4 heteroatoms. The van der Waals surface area contributed by atoms with Crippen LogP contribution in [0.2, 0.25) is 0 Å². The Balaban J connectivity index is 1.36. The second kappa shape index (κ2) is 6.94. The molecule has 1 unspecified atom stereocenters. The van der Waals surface area contributed by atoms with Gasteiger partial charge in [-0.15, -0.1) is 0 Å². The summed E-state index contributed by atoms with van der Waals surface area (Å²) in [4.78, 5) is 11.8. The smallest absolute Gasteiger partial charge is 0.220 e. The largest absolute Gasteiger partial charge is 0.493 e. The predicted octanol–water partition coefficient (Wildman–Crippen LogP) is 1.67. The Labute approximate surface area is 126 Å². The van der Waals surface area contributed by atoms with Crippen molar-refractivity contribution in [2.24, 2.45) is 5.92 Å². The number of benzene rings is 1. The van der Waals surface area contributed by atoms with Crippen LogP contribution in [-0.4, -0.2) is 32.1 Å². The van der Waals surface area contributed by atoms with E-state index in [1.807, 2.05) is 6.07 Å². The fourth-order valence-electron chi connectivity index (χ4n) is 3.13. The summed E-state index contributed by atoms with van der Waals surface area (Å²) in [6.45, 7) is 3.70. The van der Waals surface area contributed by atoms with Crippen molar-refractivity contribution in [3.63, 3.8) is 0 Å². The van der Waals surface area contributed by atoms with Gasteiger partial charge in [0.1, 0.15) is 5.75 Å². The third-order valence-electron chi connectivity index (χ3n) is 4.43. The van der Waals surface area contributed by atoms with Gasteiger partial charge in [0.05, 0.1) is 6.61 Å². The van der Waals surface area contributed by atoms with Crippen LogP contribution in [0.1, 0.15) is 30.4 Å². The van der Waals surface area contributed by atoms with E-state index in [1.165, 1.54) is 17.5 Å². The molecule has 0 radical (unpaired) electrons. The lowest BCUT2D eigenvalue weighted by Gasteiger charge is -2.09. The van der Waals surface area contributed by atoms with Gasteiger partial charge in [0.25, 0.3) is 0 Å². The van der Waals surface area contributed by atoms with Crippen LogP contribution in [-0.2, 0) is 17.6 Å². The van der Waals surface area contributed by atoms with Crippen molar-refractivity contribution in [1.29, 1.82) is 0 Å². The van der Waals surface area contributed by atoms with Crippen LogP contribution in [0.4, 0.5) is 0 Å². The molecule has 1 saturated heterocycles. The van der Waals surface area contributed by atoms with Crippen molar-refractivity contribution in [2.75, 3.05) is 26.2 Å². The third-order valence-corrected chi connectivity index (χ3v) is 4.43. The summed E-state index contributed by atoms with van der Waals surface area (Å²) >= 11 is 0. The molecule has 114 valence electrons. The number of amides is 1. The lowest BCUT2D eigenvalue weighted by atomic mass is 10.0. The second-order valence-electron chi connectivity index (χ2n) is 6.04. The van der Waals surface area contributed by atoms with Gasteiger partial charge < -0.3 is 15.4 Å². The van der Waals surface area contributed by atoms with Crippen LogP contribution in [0.15, 0.2) is 18.2 Å². The second-order valence-corrected chi connectivity index (χ2v) is 6.04. The van der Waals surface area contributed by atoms with Gasteiger partial charge in [0.15, 0.2) is 0 Å². The molecule has 0 aliphatic carbocycles. The van der Waals surface area contributed by atoms with Crippen LogP contribution < -0.4 is 15.4 Å². The average molecular weight is 288 g/mol. The zero-order valence-electron chi connectivity index (χ0n) is 12.5. The van der Waals surface area contributed by atoms with E-state index in [9.17, 15) is 4.79 Å². The molecular formula is C17H24N2O2. The van der Waals surface area contributed by atoms with Crippen LogP contribution in [0.25, 0.3) is 0 Å². The van der Waals surface area contributed by atoms with Gasteiger partial charge in [-0.05, 0) is 55.5 Å². The topological polar surface area (TPSA) is 50.4 Å². The molecule has 1 fully saturated rings. The standard InChI is InChI=1S/C17H24N2O2/c20-17(4-2-14-5-8-18-12-14)19-9-6-13-1-3-16-15(11-13)7-10-21-16/h1,3,11,14,18H,2,4-10,12H2,(H,19,20). The Kier molecular flexibility index (Phi) is 4.76. The van der Waals surface area contributed by atoms with Gasteiger partial charge >= 0.3 is 0 Å². The number of ether oxygens (including phenoxy) is 1. The molecule has 4 nitrogen and oxygen atoms in total. The summed E-state index contributed by atoms with van der Waals surface area (Å²) in [5, 5.41) is 6.37. The van der Waals surface area contributed by atoms with Gasteiger partial charge in [-0.25, -0.2) is 0 Å². The molecule has 2 aliphatic heterocycles. The first-order chi connectivity index (χ1) is 10.3. The Morgan fingerprint density at radius 1 is 1.43 bits per heavy atom. The maximum atomic E-state index is 11.8. The summed E-state index contributed by atoms with van der Waals surface area (Å²) in [6, 6.07) is 6.35. The van der Waals surface area contributed by atoms with Crippen LogP contribution in [0.3, 0.4) is 0 Å². The molecule has 2 aliphatic rings. The Morgan fingerprint density at radius 2 is 2.38 bits per heavy atom. The number of hydrogen-bond acceptors (Lipinski definition) is 3. The van der Waals surface area contributed by atoms with E-state index in [4.69, 9.17) is 4.74 Å². The molecule has 3 rings (SSSR count). The number of rotatable bonds is 6. The zero-order chi connectivity index (χ0) is 14.5. The summed E-state index contributed by atoms with van der Waals surface area (Å²) < 4.78 is 5.50. The molecule has 2 N–H and O–H groups in total. The van der Waals surface area contributed by atoms with E-state index in [-0.39, 0.29) is 5.91 Å². The molecule has 0 saturated carbocycles. The van der Waals surface area contributed by atoms with Crippen molar-refractivity contribution in [3.05, 3.63) is 29.3 Å². The SMILES string of the molecule is O=C(CCC1CCNC1)NCCc1ccc2c(c1)CCO2. The molecule has 0 spiro atoms. The first-order valence-corrected chi connectivity index (χ1v) is 8.03. The summed E-state index contributed by atoms with van der Waals surface area (Å²) in [6.07, 6.45) is 4.78. The zero-order valence-corrected chi connectivity index (χ0v) is 12.5. The van der Waals surface area contributed by atoms with Crippen molar-refractivity contribution in [3.8, 4) is 5.75 Å². The normalized spacial score (nSPS) is 20.1. The highest BCUT2D eigenvalue weighted by atomic mass is 16.5. The molecule has 0 bridgehead atoms. The maximum absolute atomic E-state index is 11.8. The van der Waals surface area contributed by atoms with Crippen molar-refractivity contribution in [1.82, 2.24) is 10.6 Å². The van der Waals surface area contributed by atoms with Crippen molar-refractivity contribution < 1.29 is 9.53 Å². The van der Waals surface area contributed by atoms with E-state index >= 15 is 0 Å². The van der Waals surface area contributed by atoms with Gasteiger partial charge in [-0.1, -0.05) is 12.1 Å². The van der Waals surface area contributed by atoms with E-state index in [0.717, 1.165) is 51.3 Å². The van der Waals surface area contributed by atoms with Gasteiger partial charge in [-0.2, -0.15) is 0 Å². The highest BCUT2D eigenvalue weighted by Gasteiger charge is 2.15. The van der Waals surface area contributed by atoms with Gasteiger partial charge in [-0.3, -0.25) is 4.79 Å². The Morgan fingerprint density at radius 3 is 3.24 bits per heavy atom. The third kappa shape index (κ3) is 3.97. The molecular weight excluding hydrogens is 264 g/mol. The highest BCUT2D eigenvalue weighted by Crippen LogP contribution is 2.25. The first-order valence-electron chi connectivity index (χ1n) is 8.03. The van der Waals surface area contributed by atoms with E-state index in [1.54, 1.807) is 0 Å². The molecule has 2 heterocycles. The first kappa shape index (κ1) is 14.4. The summed E-state index contributed by atoms with van der Waals surface area (Å²) in [5.41, 5.74) is 2.58. The van der Waals surface area contributed by atoms with Crippen molar-refractivity contribution >= 4 is 5.91 Å². The number of carbonyl (C=O) groups is 1. The predicted molar refractivity (Wildman–Crippen MR) is 82.6 cm³/mol. The lowest BCUT2D eigenvalue weighted by Crippen LogP contribution is -2.26. The number of fused-ring (bicyclic) bond motifs is 1. The van der Waals surface area contributed by atoms with Gasteiger partial charge in [0.2, 0.25) is 5.91 Å². The minimum absolute atomic E-state index is 0.186. The number of carbonyl (C=O) groups excluding carboxylic acids is 1. The molecule has 0 aromatic heterocycles. The number of nitrogens with one attached hydrogen (secondary N) is 2. The highest BCUT2D eigenvalue weighted by molar-refractivity contribution is 5.75. The summed E-state index contributed by atoms with van der Waals surface area (Å²) in [5.74, 6) is 1.90. The molecule has 1 amide bonds. The summed E-state index contributed by atoms with van der Waals surface area (Å²) in [7, 11) is 0. The molecule has 21 heavy (non-hydrogen) atoms. The van der Waals surface area contributed by atoms with E-state index in [0.29, 0.717) is 12.3 Å². The molecule has 1 aromatic carbocycles. The van der Waals surface area contributed by atoms with Gasteiger partial charge in [0, 0.05) is 19.4 Å².